The van der Waals surface area contributed by atoms with Crippen molar-refractivity contribution in [3.05, 3.63) is 35.6 Å². The lowest BCUT2D eigenvalue weighted by atomic mass is 10.1. The fourth-order valence-corrected chi connectivity index (χ4v) is 2.25. The van der Waals surface area contributed by atoms with Gasteiger partial charge < -0.3 is 15.4 Å². The Bertz CT molecular complexity index is 489. The molecule has 0 atom stereocenters. The van der Waals surface area contributed by atoms with Crippen LogP contribution in [0.1, 0.15) is 31.7 Å². The Balaban J connectivity index is 1.63. The average Bonchev–Trinajstić information content (AvgIpc) is 3.36. The first-order valence-corrected chi connectivity index (χ1v) is 8.63. The fourth-order valence-electron chi connectivity index (χ4n) is 2.25. The normalized spacial score (nSPS) is 14.8. The van der Waals surface area contributed by atoms with Gasteiger partial charge in [-0.2, -0.15) is 0 Å². The van der Waals surface area contributed by atoms with Crippen molar-refractivity contribution < 1.29 is 9.13 Å². The number of hydrogen-bond donors (Lipinski definition) is 2. The average molecular weight is 321 g/mol. The van der Waals surface area contributed by atoms with Gasteiger partial charge in [0, 0.05) is 32.8 Å². The quantitative estimate of drug-likeness (QED) is 0.396. The molecule has 1 aliphatic carbocycles. The molecule has 0 aliphatic heterocycles. The number of halogens is 1. The van der Waals surface area contributed by atoms with Gasteiger partial charge in [-0.25, -0.2) is 4.39 Å². The van der Waals surface area contributed by atoms with Gasteiger partial charge in [0.05, 0.1) is 0 Å². The molecule has 1 aromatic carbocycles. The van der Waals surface area contributed by atoms with E-state index in [0.29, 0.717) is 13.0 Å². The molecule has 2 rings (SSSR count). The number of ether oxygens (including phenoxy) is 1. The number of nitrogens with zero attached hydrogens (tertiary/aromatic N) is 1. The predicted octanol–water partition coefficient (Wildman–Crippen LogP) is 2.74. The monoisotopic (exact) mass is 321 g/mol. The van der Waals surface area contributed by atoms with Crippen LogP contribution in [0.25, 0.3) is 0 Å². The summed E-state index contributed by atoms with van der Waals surface area (Å²) in [4.78, 5) is 4.52. The highest BCUT2D eigenvalue weighted by atomic mass is 19.1. The molecule has 23 heavy (non-hydrogen) atoms. The topological polar surface area (TPSA) is 45.7 Å². The van der Waals surface area contributed by atoms with E-state index in [1.54, 1.807) is 6.07 Å². The Kier molecular flexibility index (Phi) is 7.87. The van der Waals surface area contributed by atoms with Crippen LogP contribution >= 0.6 is 0 Å². The maximum atomic E-state index is 13.6. The van der Waals surface area contributed by atoms with E-state index in [4.69, 9.17) is 4.74 Å². The van der Waals surface area contributed by atoms with Gasteiger partial charge in [-0.05, 0) is 50.2 Å². The summed E-state index contributed by atoms with van der Waals surface area (Å²) < 4.78 is 19.2. The fraction of sp³-hybridized carbons (Fsp3) is 0.611. The number of guanidine groups is 1. The number of nitrogens with one attached hydrogen (secondary N) is 2. The van der Waals surface area contributed by atoms with Crippen LogP contribution in [0.4, 0.5) is 4.39 Å². The Morgan fingerprint density at radius 2 is 2.13 bits per heavy atom. The SMILES string of the molecule is CCNC(=NCCCOCC1CC1)NCCc1ccccc1F. The molecule has 0 saturated heterocycles. The van der Waals surface area contributed by atoms with E-state index >= 15 is 0 Å². The largest absolute Gasteiger partial charge is 0.381 e. The lowest BCUT2D eigenvalue weighted by molar-refractivity contribution is 0.123. The van der Waals surface area contributed by atoms with E-state index in [9.17, 15) is 4.39 Å². The minimum absolute atomic E-state index is 0.149. The predicted molar refractivity (Wildman–Crippen MR) is 92.2 cm³/mol. The Morgan fingerprint density at radius 3 is 2.87 bits per heavy atom. The van der Waals surface area contributed by atoms with Crippen LogP contribution < -0.4 is 10.6 Å². The standard InChI is InChI=1S/C18H28FN3O/c1-2-20-18(21-11-5-13-23-14-15-8-9-15)22-12-10-16-6-3-4-7-17(16)19/h3-4,6-7,15H,2,5,8-14H2,1H3,(H2,20,21,22). The van der Waals surface area contributed by atoms with Gasteiger partial charge in [0.2, 0.25) is 0 Å². The number of benzene rings is 1. The van der Waals surface area contributed by atoms with Crippen LogP contribution in [0.3, 0.4) is 0 Å². The van der Waals surface area contributed by atoms with Gasteiger partial charge in [0.25, 0.3) is 0 Å². The van der Waals surface area contributed by atoms with Gasteiger partial charge in [-0.3, -0.25) is 4.99 Å². The molecule has 128 valence electrons. The molecule has 0 spiro atoms. The molecule has 2 N–H and O–H groups in total. The first kappa shape index (κ1) is 17.7. The Labute approximate surface area is 138 Å². The molecular weight excluding hydrogens is 293 g/mol. The molecule has 5 heteroatoms. The number of aliphatic imine (C=N–C) groups is 1. The van der Waals surface area contributed by atoms with E-state index in [-0.39, 0.29) is 5.82 Å². The highest BCUT2D eigenvalue weighted by molar-refractivity contribution is 5.79. The van der Waals surface area contributed by atoms with E-state index in [1.807, 2.05) is 19.1 Å². The lowest BCUT2D eigenvalue weighted by Crippen LogP contribution is -2.38. The molecule has 1 fully saturated rings. The highest BCUT2D eigenvalue weighted by Gasteiger charge is 2.20. The van der Waals surface area contributed by atoms with Crippen molar-refractivity contribution >= 4 is 5.96 Å². The van der Waals surface area contributed by atoms with Gasteiger partial charge in [0.15, 0.2) is 5.96 Å². The van der Waals surface area contributed by atoms with Gasteiger partial charge in [-0.15, -0.1) is 0 Å². The zero-order valence-corrected chi connectivity index (χ0v) is 14.0. The molecule has 0 aromatic heterocycles. The van der Waals surface area contributed by atoms with E-state index in [0.717, 1.165) is 50.2 Å². The summed E-state index contributed by atoms with van der Waals surface area (Å²) in [5, 5.41) is 6.45. The lowest BCUT2D eigenvalue weighted by Gasteiger charge is -2.11. The van der Waals surface area contributed by atoms with Crippen LogP contribution in [0.2, 0.25) is 0 Å². The van der Waals surface area contributed by atoms with Crippen LogP contribution in [0, 0.1) is 11.7 Å². The maximum absolute atomic E-state index is 13.6. The van der Waals surface area contributed by atoms with Crippen molar-refractivity contribution in [2.24, 2.45) is 10.9 Å². The summed E-state index contributed by atoms with van der Waals surface area (Å²) in [5.41, 5.74) is 0.726. The van der Waals surface area contributed by atoms with Gasteiger partial charge >= 0.3 is 0 Å². The first-order chi connectivity index (χ1) is 11.3. The molecule has 4 nitrogen and oxygen atoms in total. The summed E-state index contributed by atoms with van der Waals surface area (Å²) in [7, 11) is 0. The Hall–Kier alpha value is -1.62. The summed E-state index contributed by atoms with van der Waals surface area (Å²) in [6, 6.07) is 6.89. The molecule has 1 aliphatic rings. The second-order valence-electron chi connectivity index (χ2n) is 5.90. The Morgan fingerprint density at radius 1 is 1.30 bits per heavy atom. The molecule has 1 aromatic rings. The van der Waals surface area contributed by atoms with Crippen molar-refractivity contribution in [1.29, 1.82) is 0 Å². The number of rotatable bonds is 10. The third-order valence-electron chi connectivity index (χ3n) is 3.76. The number of hydrogen-bond acceptors (Lipinski definition) is 2. The summed E-state index contributed by atoms with van der Waals surface area (Å²) >= 11 is 0. The van der Waals surface area contributed by atoms with Crippen molar-refractivity contribution in [3.8, 4) is 0 Å². The third-order valence-corrected chi connectivity index (χ3v) is 3.76. The minimum atomic E-state index is -0.149. The molecule has 0 amide bonds. The maximum Gasteiger partial charge on any atom is 0.191 e. The molecule has 0 bridgehead atoms. The van der Waals surface area contributed by atoms with Crippen LogP contribution in [-0.2, 0) is 11.2 Å². The summed E-state index contributed by atoms with van der Waals surface area (Å²) in [6.45, 7) is 5.92. The molecule has 1 saturated carbocycles. The molecule has 0 unspecified atom stereocenters. The first-order valence-electron chi connectivity index (χ1n) is 8.63. The van der Waals surface area contributed by atoms with Crippen molar-refractivity contribution in [3.63, 3.8) is 0 Å². The van der Waals surface area contributed by atoms with E-state index in [2.05, 4.69) is 15.6 Å². The minimum Gasteiger partial charge on any atom is -0.381 e. The molecular formula is C18H28FN3O. The second-order valence-corrected chi connectivity index (χ2v) is 5.90. The van der Waals surface area contributed by atoms with Crippen LogP contribution in [-0.4, -0.2) is 38.8 Å². The smallest absolute Gasteiger partial charge is 0.191 e. The summed E-state index contributed by atoms with van der Waals surface area (Å²) in [6.07, 6.45) is 4.22. The van der Waals surface area contributed by atoms with Gasteiger partial charge in [0.1, 0.15) is 5.82 Å². The second kappa shape index (κ2) is 10.2. The van der Waals surface area contributed by atoms with Crippen molar-refractivity contribution in [1.82, 2.24) is 10.6 Å². The van der Waals surface area contributed by atoms with E-state index < -0.39 is 0 Å². The van der Waals surface area contributed by atoms with E-state index in [1.165, 1.54) is 18.9 Å². The van der Waals surface area contributed by atoms with Crippen LogP contribution in [0.5, 0.6) is 0 Å². The zero-order valence-electron chi connectivity index (χ0n) is 14.0. The molecule has 0 radical (unpaired) electrons. The summed E-state index contributed by atoms with van der Waals surface area (Å²) in [5.74, 6) is 1.45. The highest BCUT2D eigenvalue weighted by Crippen LogP contribution is 2.28. The molecule has 0 heterocycles. The third kappa shape index (κ3) is 7.46. The van der Waals surface area contributed by atoms with Crippen molar-refractivity contribution in [2.45, 2.75) is 32.6 Å². The van der Waals surface area contributed by atoms with Gasteiger partial charge in [-0.1, -0.05) is 18.2 Å². The van der Waals surface area contributed by atoms with Crippen molar-refractivity contribution in [2.75, 3.05) is 32.8 Å². The van der Waals surface area contributed by atoms with Crippen LogP contribution in [0.15, 0.2) is 29.3 Å². The zero-order chi connectivity index (χ0) is 16.3.